The number of nitrogens with two attached hydrogens (primary N) is 1. The van der Waals surface area contributed by atoms with E-state index in [0.717, 1.165) is 6.07 Å². The van der Waals surface area contributed by atoms with Gasteiger partial charge in [-0.3, -0.25) is 9.59 Å². The van der Waals surface area contributed by atoms with Gasteiger partial charge < -0.3 is 15.9 Å². The maximum absolute atomic E-state index is 12.4. The molecule has 104 valence electrons. The molecule has 1 aliphatic carbocycles. The number of fused-ring (bicyclic) bond motifs is 2. The normalized spacial score (nSPS) is 12.8. The number of carbonyl (C=O) groups excluding carboxylic acids is 2. The van der Waals surface area contributed by atoms with Crippen LogP contribution in [0.4, 0.5) is 5.69 Å². The third-order valence-electron chi connectivity index (χ3n) is 3.43. The van der Waals surface area contributed by atoms with Crippen molar-refractivity contribution in [2.45, 2.75) is 0 Å². The first-order chi connectivity index (χ1) is 9.93. The molecule has 3 rings (SSSR count). The number of benzene rings is 2. The van der Waals surface area contributed by atoms with E-state index < -0.39 is 28.8 Å². The van der Waals surface area contributed by atoms with Crippen molar-refractivity contribution in [3.8, 4) is 5.75 Å². The molecule has 0 aromatic heterocycles. The molecule has 0 fully saturated rings. The Hall–Kier alpha value is -3.15. The molecule has 2 aromatic rings. The molecule has 1 aliphatic rings. The van der Waals surface area contributed by atoms with Crippen LogP contribution in [0.2, 0.25) is 0 Å². The Kier molecular flexibility index (Phi) is 2.56. The molecule has 0 unspecified atom stereocenters. The van der Waals surface area contributed by atoms with Gasteiger partial charge in [-0.15, -0.1) is 0 Å². The summed E-state index contributed by atoms with van der Waals surface area (Å²) in [6.45, 7) is 0. The number of aromatic hydroxyl groups is 1. The number of phenols is 1. The number of aromatic carboxylic acids is 1. The molecule has 0 bridgehead atoms. The van der Waals surface area contributed by atoms with Gasteiger partial charge in [0.2, 0.25) is 0 Å². The molecule has 2 aromatic carbocycles. The van der Waals surface area contributed by atoms with E-state index in [-0.39, 0.29) is 27.9 Å². The lowest BCUT2D eigenvalue weighted by atomic mass is 9.82. The summed E-state index contributed by atoms with van der Waals surface area (Å²) in [5.74, 6) is -3.29. The lowest BCUT2D eigenvalue weighted by Gasteiger charge is -2.20. The molecule has 0 spiro atoms. The number of hydrogen-bond donors (Lipinski definition) is 3. The van der Waals surface area contributed by atoms with Gasteiger partial charge in [-0.25, -0.2) is 4.79 Å². The summed E-state index contributed by atoms with van der Waals surface area (Å²) in [4.78, 5) is 35.9. The lowest BCUT2D eigenvalue weighted by molar-refractivity contribution is 0.0693. The Balaban J connectivity index is 2.41. The van der Waals surface area contributed by atoms with Crippen LogP contribution in [-0.2, 0) is 0 Å². The summed E-state index contributed by atoms with van der Waals surface area (Å²) in [5.41, 5.74) is 4.86. The van der Waals surface area contributed by atoms with Gasteiger partial charge in [-0.2, -0.15) is 0 Å². The third kappa shape index (κ3) is 1.62. The molecular formula is C15H9NO5. The Labute approximate surface area is 118 Å². The van der Waals surface area contributed by atoms with E-state index in [1.54, 1.807) is 12.1 Å². The Morgan fingerprint density at radius 2 is 1.52 bits per heavy atom. The summed E-state index contributed by atoms with van der Waals surface area (Å²) >= 11 is 0. The molecule has 4 N–H and O–H groups in total. The highest BCUT2D eigenvalue weighted by atomic mass is 16.4. The minimum absolute atomic E-state index is 0.118. The fourth-order valence-corrected chi connectivity index (χ4v) is 2.47. The molecular weight excluding hydrogens is 274 g/mol. The number of hydrogen-bond acceptors (Lipinski definition) is 5. The van der Waals surface area contributed by atoms with E-state index >= 15 is 0 Å². The van der Waals surface area contributed by atoms with Gasteiger partial charge in [-0.1, -0.05) is 24.3 Å². The smallest absolute Gasteiger partial charge is 0.339 e. The number of rotatable bonds is 1. The summed E-state index contributed by atoms with van der Waals surface area (Å²) in [6.07, 6.45) is 0. The molecule has 0 atom stereocenters. The molecule has 0 aliphatic heterocycles. The summed E-state index contributed by atoms with van der Waals surface area (Å²) < 4.78 is 0. The highest BCUT2D eigenvalue weighted by molar-refractivity contribution is 6.31. The molecule has 0 radical (unpaired) electrons. The zero-order valence-electron chi connectivity index (χ0n) is 10.6. The Bertz CT molecular complexity index is 838. The fraction of sp³-hybridized carbons (Fsp3) is 0. The van der Waals surface area contributed by atoms with Crippen molar-refractivity contribution in [1.29, 1.82) is 0 Å². The first kappa shape index (κ1) is 12.9. The topological polar surface area (TPSA) is 118 Å². The van der Waals surface area contributed by atoms with Crippen molar-refractivity contribution >= 4 is 23.2 Å². The van der Waals surface area contributed by atoms with E-state index in [9.17, 15) is 19.5 Å². The van der Waals surface area contributed by atoms with Gasteiger partial charge in [0.25, 0.3) is 0 Å². The quantitative estimate of drug-likeness (QED) is 0.459. The standard InChI is InChI=1S/C15H9NO5/c16-9-5-8(15(20)21)14(19)11-10(9)12(17)6-3-1-2-4-7(6)13(11)18/h1-5,19H,16H2,(H,20,21). The minimum atomic E-state index is -1.43. The van der Waals surface area contributed by atoms with Crippen LogP contribution in [0.3, 0.4) is 0 Å². The van der Waals surface area contributed by atoms with E-state index in [2.05, 4.69) is 0 Å². The Morgan fingerprint density at radius 3 is 2.05 bits per heavy atom. The van der Waals surface area contributed by atoms with Crippen LogP contribution in [0.5, 0.6) is 5.75 Å². The Morgan fingerprint density at radius 1 is 1.00 bits per heavy atom. The molecule has 6 heteroatoms. The van der Waals surface area contributed by atoms with E-state index in [0.29, 0.717) is 0 Å². The number of carboxylic acids is 1. The van der Waals surface area contributed by atoms with Crippen LogP contribution in [0.15, 0.2) is 30.3 Å². The van der Waals surface area contributed by atoms with Crippen LogP contribution in [0, 0.1) is 0 Å². The number of carbonyl (C=O) groups is 3. The molecule has 0 amide bonds. The van der Waals surface area contributed by atoms with Gasteiger partial charge in [0.05, 0.1) is 11.1 Å². The van der Waals surface area contributed by atoms with E-state index in [4.69, 9.17) is 10.8 Å². The molecule has 0 saturated heterocycles. The first-order valence-electron chi connectivity index (χ1n) is 6.00. The number of anilines is 1. The monoisotopic (exact) mass is 283 g/mol. The molecule has 0 heterocycles. The van der Waals surface area contributed by atoms with Crippen LogP contribution < -0.4 is 5.73 Å². The van der Waals surface area contributed by atoms with E-state index in [1.807, 2.05) is 0 Å². The van der Waals surface area contributed by atoms with Gasteiger partial charge >= 0.3 is 5.97 Å². The predicted molar refractivity (Wildman–Crippen MR) is 72.8 cm³/mol. The average molecular weight is 283 g/mol. The van der Waals surface area contributed by atoms with Crippen molar-refractivity contribution in [2.75, 3.05) is 5.73 Å². The van der Waals surface area contributed by atoms with Crippen LogP contribution in [0.25, 0.3) is 0 Å². The van der Waals surface area contributed by atoms with Gasteiger partial charge in [-0.05, 0) is 6.07 Å². The zero-order valence-corrected chi connectivity index (χ0v) is 10.6. The lowest BCUT2D eigenvalue weighted by Crippen LogP contribution is -2.23. The number of ketones is 2. The van der Waals surface area contributed by atoms with Crippen LogP contribution >= 0.6 is 0 Å². The minimum Gasteiger partial charge on any atom is -0.506 e. The third-order valence-corrected chi connectivity index (χ3v) is 3.43. The SMILES string of the molecule is Nc1cc(C(=O)O)c(O)c2c1C(=O)c1ccccc1C2=O. The number of carboxylic acid groups (broad SMARTS) is 1. The molecule has 0 saturated carbocycles. The largest absolute Gasteiger partial charge is 0.506 e. The first-order valence-corrected chi connectivity index (χ1v) is 6.00. The van der Waals surface area contributed by atoms with E-state index in [1.165, 1.54) is 12.1 Å². The maximum Gasteiger partial charge on any atom is 0.339 e. The van der Waals surface area contributed by atoms with Gasteiger partial charge in [0.1, 0.15) is 11.3 Å². The van der Waals surface area contributed by atoms with Crippen molar-refractivity contribution < 1.29 is 24.6 Å². The maximum atomic E-state index is 12.4. The summed E-state index contributed by atoms with van der Waals surface area (Å²) in [6, 6.07) is 7.10. The highest BCUT2D eigenvalue weighted by Crippen LogP contribution is 2.38. The van der Waals surface area contributed by atoms with Crippen molar-refractivity contribution in [2.24, 2.45) is 0 Å². The number of nitrogen functional groups attached to an aromatic ring is 1. The summed E-state index contributed by atoms with van der Waals surface area (Å²) in [5, 5.41) is 19.1. The van der Waals surface area contributed by atoms with Crippen LogP contribution in [-0.4, -0.2) is 27.7 Å². The van der Waals surface area contributed by atoms with Gasteiger partial charge in [0, 0.05) is 16.8 Å². The van der Waals surface area contributed by atoms with Crippen molar-refractivity contribution in [3.63, 3.8) is 0 Å². The summed E-state index contributed by atoms with van der Waals surface area (Å²) in [7, 11) is 0. The second-order valence-electron chi connectivity index (χ2n) is 4.62. The molecule has 21 heavy (non-hydrogen) atoms. The highest BCUT2D eigenvalue weighted by Gasteiger charge is 2.35. The molecule has 6 nitrogen and oxygen atoms in total. The zero-order chi connectivity index (χ0) is 15.3. The second kappa shape index (κ2) is 4.17. The second-order valence-corrected chi connectivity index (χ2v) is 4.62. The van der Waals surface area contributed by atoms with Gasteiger partial charge in [0.15, 0.2) is 11.6 Å². The predicted octanol–water partition coefficient (Wildman–Crippen LogP) is 1.45. The van der Waals surface area contributed by atoms with Crippen molar-refractivity contribution in [3.05, 3.63) is 58.1 Å². The van der Waals surface area contributed by atoms with Crippen LogP contribution in [0.1, 0.15) is 42.2 Å². The average Bonchev–Trinajstić information content (AvgIpc) is 2.46. The fourth-order valence-electron chi connectivity index (χ4n) is 2.47. The van der Waals surface area contributed by atoms with Crippen molar-refractivity contribution in [1.82, 2.24) is 0 Å².